The van der Waals surface area contributed by atoms with Crippen LogP contribution in [0.1, 0.15) is 11.1 Å². The minimum absolute atomic E-state index is 0.109. The normalized spacial score (nSPS) is 15.2. The Morgan fingerprint density at radius 3 is 2.61 bits per heavy atom. The van der Waals surface area contributed by atoms with Crippen molar-refractivity contribution in [3.05, 3.63) is 79.7 Å². The van der Waals surface area contributed by atoms with Crippen LogP contribution in [-0.4, -0.2) is 44.6 Å². The number of halogens is 2. The maximum Gasteiger partial charge on any atom is 0.333 e. The Kier molecular flexibility index (Phi) is 5.44. The van der Waals surface area contributed by atoms with Crippen molar-refractivity contribution in [3.63, 3.8) is 0 Å². The number of hydrogen-bond donors (Lipinski definition) is 3. The van der Waals surface area contributed by atoms with Crippen molar-refractivity contribution in [2.24, 2.45) is 0 Å². The number of para-hydroxylation sites is 1. The van der Waals surface area contributed by atoms with Gasteiger partial charge in [-0.15, -0.1) is 0 Å². The van der Waals surface area contributed by atoms with Gasteiger partial charge in [0.05, 0.1) is 21.1 Å². The summed E-state index contributed by atoms with van der Waals surface area (Å²) in [5, 5.41) is 12.7. The minimum atomic E-state index is -0.570. The third-order valence-corrected chi connectivity index (χ3v) is 6.57. The van der Waals surface area contributed by atoms with Gasteiger partial charge in [-0.25, -0.2) is 14.3 Å². The van der Waals surface area contributed by atoms with Gasteiger partial charge in [0.15, 0.2) is 5.65 Å². The molecule has 2 aromatic heterocycles. The number of fused-ring (bicyclic) bond motifs is 2. The van der Waals surface area contributed by atoms with Crippen molar-refractivity contribution in [3.8, 4) is 5.69 Å². The summed E-state index contributed by atoms with van der Waals surface area (Å²) in [4.78, 5) is 26.6. The van der Waals surface area contributed by atoms with E-state index in [9.17, 15) is 4.79 Å². The lowest BCUT2D eigenvalue weighted by atomic mass is 10.1. The van der Waals surface area contributed by atoms with Crippen LogP contribution in [0.4, 0.5) is 11.6 Å². The number of nitrogens with zero attached hydrogens (tertiary/aromatic N) is 4. The smallest absolute Gasteiger partial charge is 0.324 e. The number of aromatic nitrogens is 4. The van der Waals surface area contributed by atoms with Gasteiger partial charge in [-0.05, 0) is 62.3 Å². The number of likely N-dealkylation sites (N-methyl/N-ethyl adjacent to an activating group) is 1. The van der Waals surface area contributed by atoms with Crippen molar-refractivity contribution in [2.45, 2.75) is 18.9 Å². The van der Waals surface area contributed by atoms with E-state index >= 15 is 0 Å². The van der Waals surface area contributed by atoms with E-state index in [0.717, 1.165) is 23.1 Å². The van der Waals surface area contributed by atoms with E-state index in [2.05, 4.69) is 51.4 Å². The van der Waals surface area contributed by atoms with Gasteiger partial charge in [0.2, 0.25) is 5.95 Å². The first-order chi connectivity index (χ1) is 15.8. The number of nitrogens with one attached hydrogen (secondary N) is 3. The maximum absolute atomic E-state index is 12.8. The van der Waals surface area contributed by atoms with Crippen LogP contribution < -0.4 is 16.5 Å². The van der Waals surface area contributed by atoms with Gasteiger partial charge in [-0.3, -0.25) is 10.4 Å². The molecule has 168 valence electrons. The molecular formula is C23H21Cl2N7O. The maximum atomic E-state index is 12.8. The van der Waals surface area contributed by atoms with Crippen LogP contribution in [-0.2, 0) is 12.8 Å². The second kappa shape index (κ2) is 8.30. The number of rotatable bonds is 4. The Labute approximate surface area is 199 Å². The molecule has 0 bridgehead atoms. The van der Waals surface area contributed by atoms with Crippen LogP contribution in [0.25, 0.3) is 16.7 Å². The molecule has 0 fully saturated rings. The zero-order valence-corrected chi connectivity index (χ0v) is 19.5. The molecule has 1 unspecified atom stereocenters. The first-order valence-electron chi connectivity index (χ1n) is 10.4. The summed E-state index contributed by atoms with van der Waals surface area (Å²) in [6, 6.07) is 11.6. The zero-order chi connectivity index (χ0) is 23.3. The Hall–Kier alpha value is -3.20. The monoisotopic (exact) mass is 481 g/mol. The van der Waals surface area contributed by atoms with Crippen LogP contribution >= 0.6 is 23.2 Å². The van der Waals surface area contributed by atoms with Crippen molar-refractivity contribution in [1.82, 2.24) is 24.4 Å². The van der Waals surface area contributed by atoms with Crippen molar-refractivity contribution < 1.29 is 0 Å². The average Bonchev–Trinajstić information content (AvgIpc) is 3.19. The highest BCUT2D eigenvalue weighted by Gasteiger charge is 2.23. The van der Waals surface area contributed by atoms with Gasteiger partial charge < -0.3 is 10.2 Å². The Morgan fingerprint density at radius 2 is 1.88 bits per heavy atom. The van der Waals surface area contributed by atoms with Gasteiger partial charge in [0.1, 0.15) is 5.49 Å². The van der Waals surface area contributed by atoms with Crippen LogP contribution in [0.2, 0.25) is 10.0 Å². The summed E-state index contributed by atoms with van der Waals surface area (Å²) in [7, 11) is 4.20. The third kappa shape index (κ3) is 3.90. The molecule has 2 heterocycles. The summed E-state index contributed by atoms with van der Waals surface area (Å²) in [6.07, 6.45) is 3.54. The summed E-state index contributed by atoms with van der Waals surface area (Å²) >= 11 is 12.5. The molecule has 1 aliphatic rings. The van der Waals surface area contributed by atoms with Crippen LogP contribution in [0.5, 0.6) is 0 Å². The summed E-state index contributed by atoms with van der Waals surface area (Å²) in [5.41, 5.74) is 3.33. The fourth-order valence-corrected chi connectivity index (χ4v) is 4.74. The molecule has 0 amide bonds. The number of benzene rings is 2. The first kappa shape index (κ1) is 21.6. The van der Waals surface area contributed by atoms with E-state index in [1.54, 1.807) is 18.2 Å². The standard InChI is InChI=1S/C23H21Cl2N7O/c1-31(2)15-9-12-6-7-14(8-13(12)10-15)28-22-27-11-16-20(26)32(23(33)30-21(16)29-22)19-17(24)4-3-5-18(19)25/h3-8,11,15,26H,9-10H2,1-2H3,(H2,27,28,29,30,33). The van der Waals surface area contributed by atoms with Gasteiger partial charge in [0, 0.05) is 17.9 Å². The SMILES string of the molecule is CN(C)C1Cc2ccc(Nc3ncc4c(=N)n(-c5c(Cl)cccc5Cl)c(=O)[nH]c4n3)cc2C1. The largest absolute Gasteiger partial charge is 0.333 e. The van der Waals surface area contributed by atoms with E-state index in [-0.39, 0.29) is 26.9 Å². The first-order valence-corrected chi connectivity index (χ1v) is 11.1. The average molecular weight is 482 g/mol. The predicted molar refractivity (Wildman–Crippen MR) is 130 cm³/mol. The number of hydrogen-bond acceptors (Lipinski definition) is 6. The lowest BCUT2D eigenvalue weighted by molar-refractivity contribution is 0.303. The summed E-state index contributed by atoms with van der Waals surface area (Å²) < 4.78 is 1.12. The lowest BCUT2D eigenvalue weighted by Gasteiger charge is -2.17. The molecule has 4 aromatic rings. The molecule has 0 aliphatic heterocycles. The molecule has 1 atom stereocenters. The topological polar surface area (TPSA) is 103 Å². The molecular weight excluding hydrogens is 461 g/mol. The van der Waals surface area contributed by atoms with Gasteiger partial charge >= 0.3 is 5.69 Å². The molecule has 3 N–H and O–H groups in total. The van der Waals surface area contributed by atoms with E-state index in [1.165, 1.54) is 17.3 Å². The molecule has 0 spiro atoms. The van der Waals surface area contributed by atoms with Crippen molar-refractivity contribution >= 4 is 45.9 Å². The van der Waals surface area contributed by atoms with E-state index < -0.39 is 5.69 Å². The Morgan fingerprint density at radius 1 is 1.15 bits per heavy atom. The Balaban J connectivity index is 1.50. The molecule has 0 radical (unpaired) electrons. The zero-order valence-electron chi connectivity index (χ0n) is 18.0. The molecule has 0 saturated heterocycles. The van der Waals surface area contributed by atoms with Crippen LogP contribution in [0.3, 0.4) is 0 Å². The van der Waals surface area contributed by atoms with Crippen molar-refractivity contribution in [2.75, 3.05) is 19.4 Å². The fourth-order valence-electron chi connectivity index (χ4n) is 4.17. The highest BCUT2D eigenvalue weighted by molar-refractivity contribution is 6.37. The summed E-state index contributed by atoms with van der Waals surface area (Å²) in [6.45, 7) is 0. The van der Waals surface area contributed by atoms with E-state index in [1.807, 2.05) is 6.07 Å². The lowest BCUT2D eigenvalue weighted by Crippen LogP contribution is -2.34. The molecule has 2 aromatic carbocycles. The Bertz CT molecular complexity index is 1490. The fraction of sp³-hybridized carbons (Fsp3) is 0.217. The molecule has 8 nitrogen and oxygen atoms in total. The van der Waals surface area contributed by atoms with E-state index in [0.29, 0.717) is 17.4 Å². The van der Waals surface area contributed by atoms with Crippen molar-refractivity contribution in [1.29, 1.82) is 5.41 Å². The number of H-pyrrole nitrogens is 1. The van der Waals surface area contributed by atoms with Gasteiger partial charge in [-0.2, -0.15) is 4.98 Å². The van der Waals surface area contributed by atoms with Gasteiger partial charge in [-0.1, -0.05) is 35.3 Å². The quantitative estimate of drug-likeness (QED) is 0.412. The van der Waals surface area contributed by atoms with Crippen LogP contribution in [0.15, 0.2) is 47.4 Å². The predicted octanol–water partition coefficient (Wildman–Crippen LogP) is 3.67. The van der Waals surface area contributed by atoms with E-state index in [4.69, 9.17) is 28.6 Å². The molecule has 1 aliphatic carbocycles. The summed E-state index contributed by atoms with van der Waals surface area (Å²) in [5.74, 6) is 0.327. The van der Waals surface area contributed by atoms with Crippen LogP contribution in [0, 0.1) is 5.41 Å². The minimum Gasteiger partial charge on any atom is -0.324 e. The highest BCUT2D eigenvalue weighted by atomic mass is 35.5. The number of aromatic amines is 1. The highest BCUT2D eigenvalue weighted by Crippen LogP contribution is 2.29. The van der Waals surface area contributed by atoms with Gasteiger partial charge in [0.25, 0.3) is 0 Å². The second-order valence-corrected chi connectivity index (χ2v) is 9.09. The second-order valence-electron chi connectivity index (χ2n) is 8.27. The molecule has 5 rings (SSSR count). The molecule has 33 heavy (non-hydrogen) atoms. The third-order valence-electron chi connectivity index (χ3n) is 5.96. The number of anilines is 2. The molecule has 0 saturated carbocycles. The molecule has 10 heteroatoms.